The molecule has 2 aromatic rings. The van der Waals surface area contributed by atoms with E-state index in [1.54, 1.807) is 6.20 Å². The standard InChI is InChI=1S/C26H36N6O2/c1-19(20-9-3-2-4-10-20)17-28-26-29-18-22(24(31-26)30-21-11-5-6-12-21)25(34)27-14-8-16-32-15-7-13-23(32)33/h2-4,9-10,18-19,21H,5-8,11-17H2,1H3,(H,27,34)(H2,28,29,30,31)/t19-/m0/s1. The van der Waals surface area contributed by atoms with Crippen LogP contribution in [0.1, 0.15) is 73.7 Å². The largest absolute Gasteiger partial charge is 0.367 e. The van der Waals surface area contributed by atoms with Crippen molar-refractivity contribution < 1.29 is 9.59 Å². The molecule has 4 rings (SSSR count). The lowest BCUT2D eigenvalue weighted by Gasteiger charge is -2.18. The van der Waals surface area contributed by atoms with E-state index in [1.165, 1.54) is 18.4 Å². The number of likely N-dealkylation sites (tertiary alicyclic amines) is 1. The molecule has 34 heavy (non-hydrogen) atoms. The molecule has 182 valence electrons. The minimum atomic E-state index is -0.183. The van der Waals surface area contributed by atoms with Crippen molar-refractivity contribution in [3.63, 3.8) is 0 Å². The molecule has 1 aromatic heterocycles. The monoisotopic (exact) mass is 464 g/mol. The molecule has 0 bridgehead atoms. The van der Waals surface area contributed by atoms with Crippen LogP contribution in [-0.4, -0.2) is 58.9 Å². The van der Waals surface area contributed by atoms with Crippen molar-refractivity contribution in [1.82, 2.24) is 20.2 Å². The van der Waals surface area contributed by atoms with Crippen molar-refractivity contribution >= 4 is 23.6 Å². The zero-order valence-corrected chi connectivity index (χ0v) is 20.1. The third-order valence-corrected chi connectivity index (χ3v) is 6.73. The van der Waals surface area contributed by atoms with Crippen LogP contribution in [-0.2, 0) is 4.79 Å². The Bertz CT molecular complexity index is 961. The van der Waals surface area contributed by atoms with E-state index in [0.717, 1.165) is 32.2 Å². The molecule has 1 aliphatic carbocycles. The van der Waals surface area contributed by atoms with Crippen LogP contribution in [0.3, 0.4) is 0 Å². The summed E-state index contributed by atoms with van der Waals surface area (Å²) in [5, 5.41) is 9.79. The number of hydrogen-bond acceptors (Lipinski definition) is 6. The normalized spacial score (nSPS) is 17.1. The molecule has 0 spiro atoms. The van der Waals surface area contributed by atoms with Crippen molar-refractivity contribution in [2.24, 2.45) is 0 Å². The lowest BCUT2D eigenvalue weighted by Crippen LogP contribution is -2.31. The molecule has 2 fully saturated rings. The van der Waals surface area contributed by atoms with E-state index in [0.29, 0.717) is 55.3 Å². The van der Waals surface area contributed by atoms with Gasteiger partial charge in [-0.25, -0.2) is 4.98 Å². The molecule has 1 aromatic carbocycles. The topological polar surface area (TPSA) is 99.3 Å². The van der Waals surface area contributed by atoms with Crippen LogP contribution in [0.15, 0.2) is 36.5 Å². The lowest BCUT2D eigenvalue weighted by molar-refractivity contribution is -0.127. The summed E-state index contributed by atoms with van der Waals surface area (Å²) < 4.78 is 0. The number of hydrogen-bond donors (Lipinski definition) is 3. The first-order valence-corrected chi connectivity index (χ1v) is 12.6. The number of aromatic nitrogens is 2. The number of nitrogens with one attached hydrogen (secondary N) is 3. The molecule has 1 saturated heterocycles. The van der Waals surface area contributed by atoms with Gasteiger partial charge in [0.15, 0.2) is 0 Å². The van der Waals surface area contributed by atoms with E-state index < -0.39 is 0 Å². The summed E-state index contributed by atoms with van der Waals surface area (Å²) in [6, 6.07) is 10.7. The summed E-state index contributed by atoms with van der Waals surface area (Å²) >= 11 is 0. The highest BCUT2D eigenvalue weighted by Gasteiger charge is 2.22. The van der Waals surface area contributed by atoms with Crippen LogP contribution in [0.2, 0.25) is 0 Å². The van der Waals surface area contributed by atoms with E-state index in [-0.39, 0.29) is 11.8 Å². The van der Waals surface area contributed by atoms with Crippen molar-refractivity contribution in [2.75, 3.05) is 36.8 Å². The van der Waals surface area contributed by atoms with E-state index in [9.17, 15) is 9.59 Å². The van der Waals surface area contributed by atoms with Gasteiger partial charge in [0.05, 0.1) is 0 Å². The van der Waals surface area contributed by atoms with Gasteiger partial charge in [0.1, 0.15) is 11.4 Å². The summed E-state index contributed by atoms with van der Waals surface area (Å²) in [7, 11) is 0. The maximum absolute atomic E-state index is 12.9. The van der Waals surface area contributed by atoms with Crippen LogP contribution < -0.4 is 16.0 Å². The highest BCUT2D eigenvalue weighted by atomic mass is 16.2. The quantitative estimate of drug-likeness (QED) is 0.438. The zero-order chi connectivity index (χ0) is 23.8. The van der Waals surface area contributed by atoms with Crippen LogP contribution in [0.4, 0.5) is 11.8 Å². The first-order valence-electron chi connectivity index (χ1n) is 12.6. The van der Waals surface area contributed by atoms with Gasteiger partial charge in [0, 0.05) is 44.8 Å². The number of rotatable bonds is 11. The minimum absolute atomic E-state index is 0.183. The van der Waals surface area contributed by atoms with Gasteiger partial charge in [-0.1, -0.05) is 50.1 Å². The fraction of sp³-hybridized carbons (Fsp3) is 0.538. The second-order valence-electron chi connectivity index (χ2n) is 9.37. The molecular formula is C26H36N6O2. The van der Waals surface area contributed by atoms with Crippen molar-refractivity contribution in [3.8, 4) is 0 Å². The Kier molecular flexibility index (Phi) is 8.33. The molecule has 1 aliphatic heterocycles. The molecule has 2 heterocycles. The van der Waals surface area contributed by atoms with Crippen molar-refractivity contribution in [2.45, 2.75) is 63.8 Å². The number of carbonyl (C=O) groups excluding carboxylic acids is 2. The van der Waals surface area contributed by atoms with Crippen molar-refractivity contribution in [1.29, 1.82) is 0 Å². The average molecular weight is 465 g/mol. The molecule has 1 atom stereocenters. The maximum Gasteiger partial charge on any atom is 0.256 e. The van der Waals surface area contributed by atoms with Crippen LogP contribution in [0, 0.1) is 0 Å². The summed E-state index contributed by atoms with van der Waals surface area (Å²) in [5.41, 5.74) is 1.72. The first kappa shape index (κ1) is 24.0. The summed E-state index contributed by atoms with van der Waals surface area (Å²) in [5.74, 6) is 1.45. The molecule has 0 unspecified atom stereocenters. The molecule has 0 radical (unpaired) electrons. The SMILES string of the molecule is C[C@@H](CNc1ncc(C(=O)NCCCN2CCCC2=O)c(NC2CCCC2)n1)c1ccccc1. The van der Waals surface area contributed by atoms with Crippen LogP contribution in [0.25, 0.3) is 0 Å². The summed E-state index contributed by atoms with van der Waals surface area (Å²) in [4.78, 5) is 35.7. The average Bonchev–Trinajstić information content (AvgIpc) is 3.52. The second-order valence-corrected chi connectivity index (χ2v) is 9.37. The van der Waals surface area contributed by atoms with Gasteiger partial charge in [0.25, 0.3) is 5.91 Å². The predicted octanol–water partition coefficient (Wildman–Crippen LogP) is 3.79. The molecule has 1 saturated carbocycles. The maximum atomic E-state index is 12.9. The third kappa shape index (κ3) is 6.46. The van der Waals surface area contributed by atoms with Gasteiger partial charge in [-0.2, -0.15) is 4.98 Å². The Balaban J connectivity index is 1.36. The number of carbonyl (C=O) groups is 2. The van der Waals surface area contributed by atoms with E-state index in [2.05, 4.69) is 45.0 Å². The van der Waals surface area contributed by atoms with Gasteiger partial charge in [-0.15, -0.1) is 0 Å². The number of benzene rings is 1. The number of amides is 2. The van der Waals surface area contributed by atoms with Gasteiger partial charge in [-0.05, 0) is 37.2 Å². The Morgan fingerprint density at radius 2 is 1.97 bits per heavy atom. The fourth-order valence-electron chi connectivity index (χ4n) is 4.66. The molecular weight excluding hydrogens is 428 g/mol. The van der Waals surface area contributed by atoms with E-state index >= 15 is 0 Å². The molecule has 3 N–H and O–H groups in total. The lowest BCUT2D eigenvalue weighted by atomic mass is 10.0. The number of anilines is 2. The van der Waals surface area contributed by atoms with Crippen LogP contribution in [0.5, 0.6) is 0 Å². The summed E-state index contributed by atoms with van der Waals surface area (Å²) in [6.45, 7) is 4.89. The Morgan fingerprint density at radius 1 is 1.18 bits per heavy atom. The predicted molar refractivity (Wildman–Crippen MR) is 134 cm³/mol. The smallest absolute Gasteiger partial charge is 0.256 e. The second kappa shape index (κ2) is 11.8. The fourth-order valence-corrected chi connectivity index (χ4v) is 4.66. The molecule has 2 aliphatic rings. The highest BCUT2D eigenvalue weighted by molar-refractivity contribution is 5.98. The Hall–Kier alpha value is -3.16. The van der Waals surface area contributed by atoms with Gasteiger partial charge in [0.2, 0.25) is 11.9 Å². The third-order valence-electron chi connectivity index (χ3n) is 6.73. The zero-order valence-electron chi connectivity index (χ0n) is 20.1. The minimum Gasteiger partial charge on any atom is -0.367 e. The van der Waals surface area contributed by atoms with Gasteiger partial charge < -0.3 is 20.9 Å². The van der Waals surface area contributed by atoms with Crippen molar-refractivity contribution in [3.05, 3.63) is 47.7 Å². The summed E-state index contributed by atoms with van der Waals surface area (Å²) in [6.07, 6.45) is 8.48. The molecule has 2 amide bonds. The van der Waals surface area contributed by atoms with Crippen LogP contribution >= 0.6 is 0 Å². The Morgan fingerprint density at radius 3 is 2.71 bits per heavy atom. The van der Waals surface area contributed by atoms with E-state index in [1.807, 2.05) is 23.1 Å². The number of nitrogens with zero attached hydrogens (tertiary/aromatic N) is 3. The van der Waals surface area contributed by atoms with Gasteiger partial charge >= 0.3 is 0 Å². The Labute approximate surface area is 201 Å². The molecule has 8 heteroatoms. The van der Waals surface area contributed by atoms with E-state index in [4.69, 9.17) is 0 Å². The first-order chi connectivity index (χ1) is 16.6. The van der Waals surface area contributed by atoms with Gasteiger partial charge in [-0.3, -0.25) is 9.59 Å². The molecule has 8 nitrogen and oxygen atoms in total. The highest BCUT2D eigenvalue weighted by Crippen LogP contribution is 2.24.